The van der Waals surface area contributed by atoms with Crippen molar-refractivity contribution in [1.29, 1.82) is 0 Å². The second kappa shape index (κ2) is 5.62. The van der Waals surface area contributed by atoms with Gasteiger partial charge in [-0.3, -0.25) is 14.4 Å². The van der Waals surface area contributed by atoms with Crippen molar-refractivity contribution in [3.05, 3.63) is 29.3 Å². The molecule has 1 aliphatic rings. The summed E-state index contributed by atoms with van der Waals surface area (Å²) in [6, 6.07) is 5.07. The molecule has 100 valence electrons. The number of hydrogen-bond acceptors (Lipinski definition) is 4. The topological polar surface area (TPSA) is 95.5 Å². The molecule has 0 radical (unpaired) electrons. The summed E-state index contributed by atoms with van der Waals surface area (Å²) in [6.45, 7) is 0.347. The number of carbonyl (C=O) groups excluding carboxylic acids is 2. The van der Waals surface area contributed by atoms with E-state index in [0.717, 1.165) is 11.3 Å². The molecule has 0 saturated carbocycles. The molecule has 1 aromatic rings. The van der Waals surface area contributed by atoms with E-state index in [-0.39, 0.29) is 31.2 Å². The molecule has 2 rings (SSSR count). The number of rotatable bonds is 6. The van der Waals surface area contributed by atoms with E-state index in [9.17, 15) is 14.4 Å². The quantitative estimate of drug-likeness (QED) is 0.510. The Labute approximate surface area is 109 Å². The number of carboxylic acid groups (broad SMARTS) is 1. The monoisotopic (exact) mass is 262 g/mol. The molecule has 0 atom stereocenters. The highest BCUT2D eigenvalue weighted by atomic mass is 16.4. The molecule has 1 amide bonds. The Morgan fingerprint density at radius 2 is 2.16 bits per heavy atom. The fourth-order valence-corrected chi connectivity index (χ4v) is 1.90. The SMILES string of the molecule is O=C(O)CCNCC(=O)c1ccc2c(c1)CC(=O)N2. The first-order valence-electron chi connectivity index (χ1n) is 5.95. The van der Waals surface area contributed by atoms with Crippen LogP contribution in [0.4, 0.5) is 5.69 Å². The maximum atomic E-state index is 11.9. The Morgan fingerprint density at radius 3 is 2.89 bits per heavy atom. The third-order valence-corrected chi connectivity index (χ3v) is 2.85. The fourth-order valence-electron chi connectivity index (χ4n) is 1.90. The second-order valence-corrected chi connectivity index (χ2v) is 4.34. The molecule has 6 heteroatoms. The van der Waals surface area contributed by atoms with Crippen LogP contribution >= 0.6 is 0 Å². The highest BCUT2D eigenvalue weighted by Gasteiger charge is 2.18. The summed E-state index contributed by atoms with van der Waals surface area (Å²) < 4.78 is 0. The Morgan fingerprint density at radius 1 is 1.37 bits per heavy atom. The summed E-state index contributed by atoms with van der Waals surface area (Å²) in [5, 5.41) is 13.9. The molecule has 1 aliphatic heterocycles. The van der Waals surface area contributed by atoms with Crippen LogP contribution in [0.5, 0.6) is 0 Å². The predicted octanol–water partition coefficient (Wildman–Crippen LogP) is 0.428. The molecule has 3 N–H and O–H groups in total. The van der Waals surface area contributed by atoms with Crippen LogP contribution < -0.4 is 10.6 Å². The van der Waals surface area contributed by atoms with Crippen molar-refractivity contribution in [3.8, 4) is 0 Å². The average molecular weight is 262 g/mol. The van der Waals surface area contributed by atoms with E-state index in [1.807, 2.05) is 0 Å². The number of amides is 1. The zero-order valence-electron chi connectivity index (χ0n) is 10.2. The Bertz CT molecular complexity index is 539. The molecule has 0 bridgehead atoms. The number of ketones is 1. The number of Topliss-reactive ketones (excluding diaryl/α,β-unsaturated/α-hetero) is 1. The van der Waals surface area contributed by atoms with Gasteiger partial charge in [0.15, 0.2) is 5.78 Å². The molecule has 1 aromatic carbocycles. The molecule has 19 heavy (non-hydrogen) atoms. The summed E-state index contributed by atoms with van der Waals surface area (Å²) in [7, 11) is 0. The minimum absolute atomic E-state index is 0.0180. The lowest BCUT2D eigenvalue weighted by Gasteiger charge is -2.05. The van der Waals surface area contributed by atoms with Crippen molar-refractivity contribution < 1.29 is 19.5 Å². The largest absolute Gasteiger partial charge is 0.481 e. The third kappa shape index (κ3) is 3.38. The van der Waals surface area contributed by atoms with E-state index < -0.39 is 5.97 Å². The number of aliphatic carboxylic acids is 1. The fraction of sp³-hybridized carbons (Fsp3) is 0.308. The summed E-state index contributed by atoms with van der Waals surface area (Å²) in [5.74, 6) is -1.09. The summed E-state index contributed by atoms with van der Waals surface area (Å²) >= 11 is 0. The maximum absolute atomic E-state index is 11.9. The molecule has 0 fully saturated rings. The lowest BCUT2D eigenvalue weighted by Crippen LogP contribution is -2.25. The first-order chi connectivity index (χ1) is 9.06. The highest BCUT2D eigenvalue weighted by molar-refractivity contribution is 6.02. The minimum Gasteiger partial charge on any atom is -0.481 e. The van der Waals surface area contributed by atoms with Gasteiger partial charge >= 0.3 is 5.97 Å². The van der Waals surface area contributed by atoms with E-state index in [4.69, 9.17) is 5.11 Å². The zero-order chi connectivity index (χ0) is 13.8. The lowest BCUT2D eigenvalue weighted by molar-refractivity contribution is -0.136. The van der Waals surface area contributed by atoms with Crippen LogP contribution in [-0.4, -0.2) is 35.9 Å². The van der Waals surface area contributed by atoms with Crippen LogP contribution in [0, 0.1) is 0 Å². The Hall–Kier alpha value is -2.21. The Balaban J connectivity index is 1.91. The van der Waals surface area contributed by atoms with Crippen LogP contribution in [0.25, 0.3) is 0 Å². The van der Waals surface area contributed by atoms with Gasteiger partial charge in [0.05, 0.1) is 19.4 Å². The molecule has 1 heterocycles. The number of carboxylic acids is 1. The standard InChI is InChI=1S/C13H14N2O4/c16-11(7-14-4-3-13(18)19)8-1-2-10-9(5-8)6-12(17)15-10/h1-2,5,14H,3-4,6-7H2,(H,15,17)(H,18,19). The normalized spacial score (nSPS) is 12.9. The van der Waals surface area contributed by atoms with E-state index in [1.54, 1.807) is 18.2 Å². The van der Waals surface area contributed by atoms with Crippen LogP contribution in [0.2, 0.25) is 0 Å². The smallest absolute Gasteiger partial charge is 0.304 e. The van der Waals surface area contributed by atoms with Gasteiger partial charge in [0.1, 0.15) is 0 Å². The van der Waals surface area contributed by atoms with E-state index in [1.165, 1.54) is 0 Å². The van der Waals surface area contributed by atoms with Gasteiger partial charge in [-0.2, -0.15) is 0 Å². The van der Waals surface area contributed by atoms with Crippen LogP contribution in [0.1, 0.15) is 22.3 Å². The van der Waals surface area contributed by atoms with Gasteiger partial charge in [-0.15, -0.1) is 0 Å². The van der Waals surface area contributed by atoms with Crippen LogP contribution in [-0.2, 0) is 16.0 Å². The van der Waals surface area contributed by atoms with Crippen LogP contribution in [0.15, 0.2) is 18.2 Å². The van der Waals surface area contributed by atoms with Crippen molar-refractivity contribution >= 4 is 23.3 Å². The number of carbonyl (C=O) groups is 3. The van der Waals surface area contributed by atoms with Gasteiger partial charge in [-0.25, -0.2) is 0 Å². The summed E-state index contributed by atoms with van der Waals surface area (Å²) in [5.41, 5.74) is 2.10. The van der Waals surface area contributed by atoms with Gasteiger partial charge < -0.3 is 15.7 Å². The maximum Gasteiger partial charge on any atom is 0.304 e. The number of fused-ring (bicyclic) bond motifs is 1. The van der Waals surface area contributed by atoms with E-state index in [0.29, 0.717) is 12.0 Å². The zero-order valence-corrected chi connectivity index (χ0v) is 10.2. The molecule has 6 nitrogen and oxygen atoms in total. The number of benzene rings is 1. The van der Waals surface area contributed by atoms with E-state index in [2.05, 4.69) is 10.6 Å². The number of nitrogens with one attached hydrogen (secondary N) is 2. The van der Waals surface area contributed by atoms with Crippen LogP contribution in [0.3, 0.4) is 0 Å². The lowest BCUT2D eigenvalue weighted by atomic mass is 10.1. The average Bonchev–Trinajstić information content (AvgIpc) is 2.73. The van der Waals surface area contributed by atoms with Gasteiger partial charge in [0, 0.05) is 17.8 Å². The first kappa shape index (κ1) is 13.2. The number of hydrogen-bond donors (Lipinski definition) is 3. The van der Waals surface area contributed by atoms with Crippen molar-refractivity contribution in [2.24, 2.45) is 0 Å². The molecule has 0 unspecified atom stereocenters. The van der Waals surface area contributed by atoms with Gasteiger partial charge in [-0.1, -0.05) is 0 Å². The van der Waals surface area contributed by atoms with Crippen molar-refractivity contribution in [3.63, 3.8) is 0 Å². The second-order valence-electron chi connectivity index (χ2n) is 4.34. The molecular weight excluding hydrogens is 248 g/mol. The molecule has 0 spiro atoms. The van der Waals surface area contributed by atoms with Gasteiger partial charge in [-0.05, 0) is 23.8 Å². The van der Waals surface area contributed by atoms with Gasteiger partial charge in [0.2, 0.25) is 5.91 Å². The summed E-state index contributed by atoms with van der Waals surface area (Å²) in [6.07, 6.45) is 0.277. The minimum atomic E-state index is -0.901. The van der Waals surface area contributed by atoms with Crippen molar-refractivity contribution in [2.75, 3.05) is 18.4 Å². The molecule has 0 aliphatic carbocycles. The third-order valence-electron chi connectivity index (χ3n) is 2.85. The molecule has 0 aromatic heterocycles. The first-order valence-corrected chi connectivity index (χ1v) is 5.95. The Kier molecular flexibility index (Phi) is 3.91. The summed E-state index contributed by atoms with van der Waals surface area (Å²) in [4.78, 5) is 33.4. The molecule has 0 saturated heterocycles. The van der Waals surface area contributed by atoms with E-state index >= 15 is 0 Å². The predicted molar refractivity (Wildman–Crippen MR) is 68.2 cm³/mol. The van der Waals surface area contributed by atoms with Crippen molar-refractivity contribution in [1.82, 2.24) is 5.32 Å². The highest BCUT2D eigenvalue weighted by Crippen LogP contribution is 2.23. The van der Waals surface area contributed by atoms with Gasteiger partial charge in [0.25, 0.3) is 0 Å². The number of anilines is 1. The van der Waals surface area contributed by atoms with Crippen molar-refractivity contribution in [2.45, 2.75) is 12.8 Å². The molecular formula is C13H14N2O4.